The normalized spacial score (nSPS) is 30.2. The fourth-order valence-electron chi connectivity index (χ4n) is 6.43. The molecule has 7 heteroatoms. The van der Waals surface area contributed by atoms with Gasteiger partial charge in [0.05, 0.1) is 5.02 Å². The van der Waals surface area contributed by atoms with Gasteiger partial charge in [0.2, 0.25) is 5.91 Å². The molecule has 4 heterocycles. The Morgan fingerprint density at radius 2 is 2.06 bits per heavy atom. The number of H-pyrrole nitrogens is 1. The number of carbonyl (C=O) groups is 1. The van der Waals surface area contributed by atoms with Crippen molar-refractivity contribution in [3.63, 3.8) is 0 Å². The fraction of sp³-hybridized carbons (Fsp3) is 0.500. The van der Waals surface area contributed by atoms with Gasteiger partial charge in [0, 0.05) is 46.9 Å². The zero-order valence-electron chi connectivity index (χ0n) is 18.5. The van der Waals surface area contributed by atoms with E-state index in [-0.39, 0.29) is 24.0 Å². The van der Waals surface area contributed by atoms with Gasteiger partial charge in [0.1, 0.15) is 6.10 Å². The van der Waals surface area contributed by atoms with Gasteiger partial charge < -0.3 is 19.7 Å². The van der Waals surface area contributed by atoms with Gasteiger partial charge in [-0.15, -0.1) is 11.3 Å². The molecule has 1 amide bonds. The summed E-state index contributed by atoms with van der Waals surface area (Å²) in [4.78, 5) is 20.5. The lowest BCUT2D eigenvalue weighted by molar-refractivity contribution is -0.139. The van der Waals surface area contributed by atoms with E-state index in [1.165, 1.54) is 11.3 Å². The van der Waals surface area contributed by atoms with Crippen molar-refractivity contribution < 1.29 is 14.6 Å². The second-order valence-electron chi connectivity index (χ2n) is 9.73. The van der Waals surface area contributed by atoms with Crippen LogP contribution in [0.4, 0.5) is 0 Å². The third kappa shape index (κ3) is 3.91. The minimum absolute atomic E-state index is 0.0277. The molecule has 3 fully saturated rings. The first-order valence-electron chi connectivity index (χ1n) is 12.0. The molecule has 6 rings (SSSR count). The number of carbonyl (C=O) groups excluding carboxylic acids is 1. The molecule has 5 nitrogen and oxygen atoms in total. The molecule has 2 aromatic heterocycles. The number of amides is 1. The zero-order chi connectivity index (χ0) is 22.5. The maximum absolute atomic E-state index is 13.8. The van der Waals surface area contributed by atoms with Crippen LogP contribution in [-0.4, -0.2) is 45.9 Å². The predicted molar refractivity (Wildman–Crippen MR) is 131 cm³/mol. The van der Waals surface area contributed by atoms with E-state index in [9.17, 15) is 9.90 Å². The van der Waals surface area contributed by atoms with E-state index in [1.807, 2.05) is 24.4 Å². The molecule has 3 aliphatic rings. The van der Waals surface area contributed by atoms with E-state index < -0.39 is 6.29 Å². The number of epoxide rings is 1. The van der Waals surface area contributed by atoms with Crippen LogP contribution in [0, 0.1) is 11.8 Å². The summed E-state index contributed by atoms with van der Waals surface area (Å²) in [5.41, 5.74) is 2.10. The number of nitrogens with one attached hydrogen (secondary N) is 1. The van der Waals surface area contributed by atoms with Crippen LogP contribution >= 0.6 is 22.9 Å². The summed E-state index contributed by atoms with van der Waals surface area (Å²) in [5.74, 6) is 0.998. The number of thiophene rings is 1. The number of hydrogen-bond acceptors (Lipinski definition) is 4. The molecule has 33 heavy (non-hydrogen) atoms. The molecule has 6 atom stereocenters. The summed E-state index contributed by atoms with van der Waals surface area (Å²) >= 11 is 8.30. The van der Waals surface area contributed by atoms with Crippen LogP contribution in [-0.2, 0) is 9.53 Å². The highest BCUT2D eigenvalue weighted by Crippen LogP contribution is 2.46. The first-order chi connectivity index (χ1) is 16.1. The Labute approximate surface area is 202 Å². The molecule has 1 saturated carbocycles. The van der Waals surface area contributed by atoms with Gasteiger partial charge in [-0.2, -0.15) is 0 Å². The quantitative estimate of drug-likeness (QED) is 0.468. The number of hydrogen-bond donors (Lipinski definition) is 2. The average Bonchev–Trinajstić information content (AvgIpc) is 3.22. The van der Waals surface area contributed by atoms with Crippen molar-refractivity contribution in [1.82, 2.24) is 9.88 Å². The van der Waals surface area contributed by atoms with Crippen molar-refractivity contribution in [3.05, 3.63) is 57.4 Å². The third-order valence-electron chi connectivity index (χ3n) is 8.00. The highest BCUT2D eigenvalue weighted by Gasteiger charge is 2.52. The Morgan fingerprint density at radius 3 is 2.85 bits per heavy atom. The number of rotatable bonds is 5. The van der Waals surface area contributed by atoms with Gasteiger partial charge >= 0.3 is 0 Å². The number of benzene rings is 1. The standard InChI is InChI=1S/C26H29ClN2O3S/c27-19-6-3-7-20-24(19)18(14-28-20)17(22-9-4-12-33-22)13-23(30)29-11-10-16(25-26(31)32-25)15-5-1-2-8-21(15)29/h3-4,6-7,9,12,14-17,21,25-26,28,31H,1-2,5,8,10-11,13H2. The molecule has 0 radical (unpaired) electrons. The lowest BCUT2D eigenvalue weighted by Crippen LogP contribution is -2.54. The van der Waals surface area contributed by atoms with Gasteiger partial charge in [-0.3, -0.25) is 4.79 Å². The van der Waals surface area contributed by atoms with Crippen LogP contribution in [0.1, 0.15) is 54.9 Å². The van der Waals surface area contributed by atoms with Crippen LogP contribution in [0.2, 0.25) is 5.02 Å². The Hall–Kier alpha value is -1.86. The lowest BCUT2D eigenvalue weighted by atomic mass is 9.70. The van der Waals surface area contributed by atoms with Gasteiger partial charge in [0.15, 0.2) is 6.29 Å². The largest absolute Gasteiger partial charge is 0.366 e. The first kappa shape index (κ1) is 21.7. The van der Waals surface area contributed by atoms with Crippen LogP contribution in [0.3, 0.4) is 0 Å². The molecule has 1 aromatic carbocycles. The number of aliphatic hydroxyl groups is 1. The van der Waals surface area contributed by atoms with Gasteiger partial charge in [-0.25, -0.2) is 0 Å². The summed E-state index contributed by atoms with van der Waals surface area (Å²) in [6.45, 7) is 0.753. The Kier molecular flexibility index (Phi) is 5.73. The van der Waals surface area contributed by atoms with E-state index in [4.69, 9.17) is 16.3 Å². The molecule has 0 spiro atoms. The summed E-state index contributed by atoms with van der Waals surface area (Å²) in [5, 5.41) is 13.7. The number of aliphatic hydroxyl groups excluding tert-OH is 1. The Bertz CT molecular complexity index is 1150. The number of nitrogens with zero attached hydrogens (tertiary/aromatic N) is 1. The maximum atomic E-state index is 13.8. The number of likely N-dealkylation sites (tertiary alicyclic amines) is 1. The van der Waals surface area contributed by atoms with Gasteiger partial charge in [-0.05, 0) is 60.2 Å². The molecule has 2 saturated heterocycles. The molecule has 1 aliphatic carbocycles. The van der Waals surface area contributed by atoms with Crippen molar-refractivity contribution in [2.45, 2.75) is 62.9 Å². The number of piperidine rings is 1. The van der Waals surface area contributed by atoms with E-state index in [0.29, 0.717) is 23.3 Å². The van der Waals surface area contributed by atoms with Crippen molar-refractivity contribution >= 4 is 39.7 Å². The average molecular weight is 485 g/mol. The summed E-state index contributed by atoms with van der Waals surface area (Å²) in [6.07, 6.45) is 7.29. The Balaban J connectivity index is 1.29. The minimum Gasteiger partial charge on any atom is -0.366 e. The molecule has 3 aromatic rings. The van der Waals surface area contributed by atoms with E-state index >= 15 is 0 Å². The zero-order valence-corrected chi connectivity index (χ0v) is 20.0. The minimum atomic E-state index is -0.602. The highest BCUT2D eigenvalue weighted by atomic mass is 35.5. The number of halogens is 1. The molecule has 2 N–H and O–H groups in total. The first-order valence-corrected chi connectivity index (χ1v) is 13.3. The SMILES string of the molecule is O=C(CC(c1cccs1)c1c[nH]c2cccc(Cl)c12)N1CCC(C2OC2O)C2CCCCC21. The van der Waals surface area contributed by atoms with E-state index in [0.717, 1.165) is 48.7 Å². The van der Waals surface area contributed by atoms with Crippen molar-refractivity contribution in [1.29, 1.82) is 0 Å². The lowest BCUT2D eigenvalue weighted by Gasteiger charge is -2.48. The van der Waals surface area contributed by atoms with Crippen molar-refractivity contribution in [3.8, 4) is 0 Å². The van der Waals surface area contributed by atoms with E-state index in [2.05, 4.69) is 27.4 Å². The Morgan fingerprint density at radius 1 is 1.21 bits per heavy atom. The summed E-state index contributed by atoms with van der Waals surface area (Å²) in [6, 6.07) is 10.3. The van der Waals surface area contributed by atoms with Crippen molar-refractivity contribution in [2.24, 2.45) is 11.8 Å². The van der Waals surface area contributed by atoms with Gasteiger partial charge in [-0.1, -0.05) is 36.6 Å². The molecular weight excluding hydrogens is 456 g/mol. The van der Waals surface area contributed by atoms with E-state index in [1.54, 1.807) is 11.3 Å². The number of aromatic amines is 1. The number of fused-ring (bicyclic) bond motifs is 2. The van der Waals surface area contributed by atoms with Crippen LogP contribution in [0.25, 0.3) is 10.9 Å². The highest BCUT2D eigenvalue weighted by molar-refractivity contribution is 7.10. The maximum Gasteiger partial charge on any atom is 0.223 e. The van der Waals surface area contributed by atoms with Crippen molar-refractivity contribution in [2.75, 3.05) is 6.54 Å². The molecule has 6 unspecified atom stereocenters. The third-order valence-corrected chi connectivity index (χ3v) is 9.31. The monoisotopic (exact) mass is 484 g/mol. The number of ether oxygens (including phenoxy) is 1. The summed E-state index contributed by atoms with van der Waals surface area (Å²) in [7, 11) is 0. The predicted octanol–water partition coefficient (Wildman–Crippen LogP) is 5.53. The van der Waals surface area contributed by atoms with Crippen LogP contribution in [0.15, 0.2) is 41.9 Å². The second kappa shape index (κ2) is 8.73. The fourth-order valence-corrected chi connectivity index (χ4v) is 7.56. The molecule has 2 aliphatic heterocycles. The van der Waals surface area contributed by atoms with Crippen LogP contribution < -0.4 is 0 Å². The van der Waals surface area contributed by atoms with Gasteiger partial charge in [0.25, 0.3) is 0 Å². The molecule has 174 valence electrons. The molecule has 0 bridgehead atoms. The van der Waals surface area contributed by atoms with Crippen LogP contribution in [0.5, 0.6) is 0 Å². The molecular formula is C26H29ClN2O3S. The number of aromatic nitrogens is 1. The topological polar surface area (TPSA) is 68.9 Å². The summed E-state index contributed by atoms with van der Waals surface area (Å²) < 4.78 is 5.45. The smallest absolute Gasteiger partial charge is 0.223 e. The second-order valence-corrected chi connectivity index (χ2v) is 11.1.